The molecule has 3 aromatic rings. The number of imidazole rings is 1. The van der Waals surface area contributed by atoms with E-state index in [2.05, 4.69) is 31.0 Å². The van der Waals surface area contributed by atoms with Gasteiger partial charge in [-0.15, -0.1) is 0 Å². The second-order valence-corrected chi connectivity index (χ2v) is 5.53. The van der Waals surface area contributed by atoms with Crippen molar-refractivity contribution in [1.82, 2.24) is 9.55 Å². The Labute approximate surface area is 123 Å². The summed E-state index contributed by atoms with van der Waals surface area (Å²) in [6, 6.07) is 8.62. The molecule has 2 N–H and O–H groups in total. The fourth-order valence-electron chi connectivity index (χ4n) is 2.57. The molecule has 3 nitrogen and oxygen atoms in total. The number of hydrogen-bond donors (Lipinski definition) is 1. The van der Waals surface area contributed by atoms with Gasteiger partial charge in [0.05, 0.1) is 16.7 Å². The predicted octanol–water partition coefficient (Wildman–Crippen LogP) is 3.80. The highest BCUT2D eigenvalue weighted by Crippen LogP contribution is 2.26. The number of aromatic nitrogens is 2. The molecule has 0 aliphatic rings. The topological polar surface area (TPSA) is 43.8 Å². The van der Waals surface area contributed by atoms with Crippen LogP contribution in [0, 0.1) is 19.7 Å². The third kappa shape index (κ3) is 2.32. The van der Waals surface area contributed by atoms with Gasteiger partial charge in [-0.05, 0) is 67.8 Å². The third-order valence-electron chi connectivity index (χ3n) is 3.90. The van der Waals surface area contributed by atoms with Crippen LogP contribution in [-0.2, 0) is 0 Å². The van der Waals surface area contributed by atoms with Gasteiger partial charge in [-0.1, -0.05) is 0 Å². The molecule has 3 rings (SSSR count). The van der Waals surface area contributed by atoms with Gasteiger partial charge in [-0.2, -0.15) is 0 Å². The molecule has 0 radical (unpaired) electrons. The molecule has 2 aromatic carbocycles. The zero-order valence-electron chi connectivity index (χ0n) is 12.4. The monoisotopic (exact) mass is 283 g/mol. The quantitative estimate of drug-likeness (QED) is 0.777. The Kier molecular flexibility index (Phi) is 3.26. The first-order valence-electron chi connectivity index (χ1n) is 6.97. The maximum absolute atomic E-state index is 13.5. The van der Waals surface area contributed by atoms with Crippen molar-refractivity contribution in [2.24, 2.45) is 5.73 Å². The number of nitrogens with two attached hydrogens (primary N) is 1. The van der Waals surface area contributed by atoms with Crippen molar-refractivity contribution in [3.05, 3.63) is 59.2 Å². The van der Waals surface area contributed by atoms with Gasteiger partial charge in [-0.3, -0.25) is 4.57 Å². The Morgan fingerprint density at radius 3 is 2.57 bits per heavy atom. The van der Waals surface area contributed by atoms with Crippen molar-refractivity contribution in [3.8, 4) is 5.69 Å². The molecule has 0 amide bonds. The Morgan fingerprint density at radius 2 is 1.86 bits per heavy atom. The van der Waals surface area contributed by atoms with E-state index >= 15 is 0 Å². The minimum Gasteiger partial charge on any atom is -0.324 e. The summed E-state index contributed by atoms with van der Waals surface area (Å²) >= 11 is 0. The maximum Gasteiger partial charge on any atom is 0.123 e. The Morgan fingerprint density at radius 1 is 1.14 bits per heavy atom. The lowest BCUT2D eigenvalue weighted by Crippen LogP contribution is -2.10. The van der Waals surface area contributed by atoms with Gasteiger partial charge in [0, 0.05) is 6.04 Å². The summed E-state index contributed by atoms with van der Waals surface area (Å²) in [5.41, 5.74) is 12.0. The van der Waals surface area contributed by atoms with Crippen LogP contribution in [0.2, 0.25) is 0 Å². The highest BCUT2D eigenvalue weighted by Gasteiger charge is 2.13. The Hall–Kier alpha value is -2.20. The van der Waals surface area contributed by atoms with Crippen molar-refractivity contribution in [3.63, 3.8) is 0 Å². The molecule has 4 heteroatoms. The van der Waals surface area contributed by atoms with E-state index in [1.54, 1.807) is 12.4 Å². The van der Waals surface area contributed by atoms with E-state index < -0.39 is 0 Å². The van der Waals surface area contributed by atoms with Crippen LogP contribution in [0.3, 0.4) is 0 Å². The molecule has 108 valence electrons. The molecular formula is C17H18FN3. The summed E-state index contributed by atoms with van der Waals surface area (Å²) in [5, 5.41) is 0. The predicted molar refractivity (Wildman–Crippen MR) is 83.1 cm³/mol. The van der Waals surface area contributed by atoms with E-state index in [1.165, 1.54) is 23.3 Å². The number of rotatable bonds is 2. The number of aryl methyl sites for hydroxylation is 2. The molecule has 1 heterocycles. The second-order valence-electron chi connectivity index (χ2n) is 5.53. The minimum atomic E-state index is -0.275. The Bertz CT molecular complexity index is 818. The molecule has 0 fully saturated rings. The molecule has 0 saturated heterocycles. The van der Waals surface area contributed by atoms with Crippen LogP contribution in [0.1, 0.15) is 29.7 Å². The number of halogens is 1. The summed E-state index contributed by atoms with van der Waals surface area (Å²) in [6.45, 7) is 6.00. The van der Waals surface area contributed by atoms with Crippen LogP contribution in [0.5, 0.6) is 0 Å². The standard InChI is InChI=1S/C17H18FN3/c1-10-6-15-17(7-11(10)2)21(9-20-15)16-5-4-13(18)8-14(16)12(3)19/h4-9,12H,19H2,1-3H3/t12-/m1/s1. The molecule has 0 aliphatic carbocycles. The van der Waals surface area contributed by atoms with Gasteiger partial charge < -0.3 is 5.73 Å². The molecule has 0 saturated carbocycles. The Balaban J connectivity index is 2.28. The lowest BCUT2D eigenvalue weighted by atomic mass is 10.1. The largest absolute Gasteiger partial charge is 0.324 e. The second kappa shape index (κ2) is 4.97. The molecule has 0 spiro atoms. The molecule has 21 heavy (non-hydrogen) atoms. The van der Waals surface area contributed by atoms with Crippen molar-refractivity contribution < 1.29 is 4.39 Å². The van der Waals surface area contributed by atoms with Crippen molar-refractivity contribution in [2.45, 2.75) is 26.8 Å². The van der Waals surface area contributed by atoms with Gasteiger partial charge in [-0.25, -0.2) is 9.37 Å². The van der Waals surface area contributed by atoms with Gasteiger partial charge >= 0.3 is 0 Å². The first-order valence-corrected chi connectivity index (χ1v) is 6.97. The van der Waals surface area contributed by atoms with Crippen LogP contribution in [0.4, 0.5) is 4.39 Å². The van der Waals surface area contributed by atoms with Gasteiger partial charge in [0.25, 0.3) is 0 Å². The highest BCUT2D eigenvalue weighted by molar-refractivity contribution is 5.79. The molecule has 0 bridgehead atoms. The number of hydrogen-bond acceptors (Lipinski definition) is 2. The van der Waals surface area contributed by atoms with E-state index in [0.717, 1.165) is 22.3 Å². The molecule has 1 aromatic heterocycles. The zero-order valence-corrected chi connectivity index (χ0v) is 12.4. The minimum absolute atomic E-state index is 0.250. The van der Waals surface area contributed by atoms with Crippen LogP contribution in [0.15, 0.2) is 36.7 Å². The lowest BCUT2D eigenvalue weighted by molar-refractivity contribution is 0.621. The van der Waals surface area contributed by atoms with E-state index in [9.17, 15) is 4.39 Å². The summed E-state index contributed by atoms with van der Waals surface area (Å²) in [7, 11) is 0. The number of nitrogens with zero attached hydrogens (tertiary/aromatic N) is 2. The third-order valence-corrected chi connectivity index (χ3v) is 3.90. The fraction of sp³-hybridized carbons (Fsp3) is 0.235. The van der Waals surface area contributed by atoms with Gasteiger partial charge in [0.15, 0.2) is 0 Å². The SMILES string of the molecule is Cc1cc2ncn(-c3ccc(F)cc3[C@@H](C)N)c2cc1C. The van der Waals surface area contributed by atoms with Gasteiger partial charge in [0.2, 0.25) is 0 Å². The lowest BCUT2D eigenvalue weighted by Gasteiger charge is -2.14. The normalized spacial score (nSPS) is 12.8. The van der Waals surface area contributed by atoms with Crippen molar-refractivity contribution in [1.29, 1.82) is 0 Å². The van der Waals surface area contributed by atoms with Crippen molar-refractivity contribution >= 4 is 11.0 Å². The molecular weight excluding hydrogens is 265 g/mol. The molecule has 0 unspecified atom stereocenters. The van der Waals surface area contributed by atoms with Crippen LogP contribution in [-0.4, -0.2) is 9.55 Å². The smallest absolute Gasteiger partial charge is 0.123 e. The van der Waals surface area contributed by atoms with E-state index in [1.807, 2.05) is 11.5 Å². The average Bonchev–Trinajstić information content (AvgIpc) is 2.82. The fourth-order valence-corrected chi connectivity index (χ4v) is 2.57. The summed E-state index contributed by atoms with van der Waals surface area (Å²) < 4.78 is 15.5. The summed E-state index contributed by atoms with van der Waals surface area (Å²) in [5.74, 6) is -0.275. The molecule has 0 aliphatic heterocycles. The first kappa shape index (κ1) is 13.8. The molecule has 1 atom stereocenters. The van der Waals surface area contributed by atoms with E-state index in [-0.39, 0.29) is 11.9 Å². The first-order chi connectivity index (χ1) is 9.97. The number of fused-ring (bicyclic) bond motifs is 1. The zero-order chi connectivity index (χ0) is 15.1. The summed E-state index contributed by atoms with van der Waals surface area (Å²) in [6.07, 6.45) is 1.77. The van der Waals surface area contributed by atoms with Crippen LogP contribution < -0.4 is 5.73 Å². The maximum atomic E-state index is 13.5. The number of benzene rings is 2. The van der Waals surface area contributed by atoms with E-state index in [0.29, 0.717) is 0 Å². The van der Waals surface area contributed by atoms with Crippen molar-refractivity contribution in [2.75, 3.05) is 0 Å². The summed E-state index contributed by atoms with van der Waals surface area (Å²) in [4.78, 5) is 4.45. The highest BCUT2D eigenvalue weighted by atomic mass is 19.1. The van der Waals surface area contributed by atoms with Gasteiger partial charge in [0.1, 0.15) is 12.1 Å². The van der Waals surface area contributed by atoms with E-state index in [4.69, 9.17) is 5.73 Å². The average molecular weight is 283 g/mol. The van der Waals surface area contributed by atoms with Crippen LogP contribution >= 0.6 is 0 Å². The van der Waals surface area contributed by atoms with Crippen LogP contribution in [0.25, 0.3) is 16.7 Å².